The topological polar surface area (TPSA) is 41.1 Å². The van der Waals surface area contributed by atoms with Gasteiger partial charge in [0.15, 0.2) is 0 Å². The van der Waals surface area contributed by atoms with Gasteiger partial charge in [0.2, 0.25) is 0 Å². The van der Waals surface area contributed by atoms with E-state index < -0.39 is 0 Å². The summed E-state index contributed by atoms with van der Waals surface area (Å²) < 4.78 is 0. The van der Waals surface area contributed by atoms with Gasteiger partial charge in [-0.25, -0.2) is 9.97 Å². The molecule has 1 N–H and O–H groups in total. The lowest BCUT2D eigenvalue weighted by Crippen LogP contribution is -2.34. The van der Waals surface area contributed by atoms with Crippen molar-refractivity contribution in [3.63, 3.8) is 0 Å². The Kier molecular flexibility index (Phi) is 3.93. The summed E-state index contributed by atoms with van der Waals surface area (Å²) in [7, 11) is 4.16. The van der Waals surface area contributed by atoms with Crippen LogP contribution in [0.1, 0.15) is 36.0 Å². The first-order chi connectivity index (χ1) is 9.29. The average Bonchev–Trinajstić information content (AvgIpc) is 2.46. The van der Waals surface area contributed by atoms with Crippen LogP contribution in [0.3, 0.4) is 0 Å². The van der Waals surface area contributed by atoms with Crippen LogP contribution < -0.4 is 5.32 Å². The summed E-state index contributed by atoms with van der Waals surface area (Å²) >= 11 is 2.01. The second-order valence-corrected chi connectivity index (χ2v) is 6.53. The van der Waals surface area contributed by atoms with Crippen LogP contribution in [0.15, 0.2) is 0 Å². The number of thioether (sulfide) groups is 1. The van der Waals surface area contributed by atoms with E-state index in [1.165, 1.54) is 29.9 Å². The molecule has 1 saturated heterocycles. The Bertz CT molecular complexity index is 446. The quantitative estimate of drug-likeness (QED) is 0.897. The maximum Gasteiger partial charge on any atom is 0.148 e. The monoisotopic (exact) mass is 278 g/mol. The summed E-state index contributed by atoms with van der Waals surface area (Å²) in [5.41, 5.74) is 2.63. The van der Waals surface area contributed by atoms with Gasteiger partial charge >= 0.3 is 0 Å². The number of hydrogen-bond acceptors (Lipinski definition) is 5. The van der Waals surface area contributed by atoms with Crippen LogP contribution in [0.4, 0.5) is 5.82 Å². The van der Waals surface area contributed by atoms with Gasteiger partial charge < -0.3 is 5.32 Å². The predicted octanol–water partition coefficient (Wildman–Crippen LogP) is 2.12. The normalized spacial score (nSPS) is 24.0. The molecule has 0 saturated carbocycles. The lowest BCUT2D eigenvalue weighted by atomic mass is 9.96. The SMILES string of the molecule is CNc1nc(C2CSCCN2C)nc2c1CCCC2. The first kappa shape index (κ1) is 13.2. The van der Waals surface area contributed by atoms with Crippen LogP contribution in [-0.2, 0) is 12.8 Å². The second kappa shape index (κ2) is 5.67. The molecule has 2 heterocycles. The highest BCUT2D eigenvalue weighted by molar-refractivity contribution is 7.99. The molecule has 1 unspecified atom stereocenters. The molecule has 1 aromatic heterocycles. The summed E-state index contributed by atoms with van der Waals surface area (Å²) in [6.45, 7) is 1.13. The molecule has 1 fully saturated rings. The average molecular weight is 278 g/mol. The Balaban J connectivity index is 1.97. The molecule has 19 heavy (non-hydrogen) atoms. The van der Waals surface area contributed by atoms with Crippen molar-refractivity contribution in [1.82, 2.24) is 14.9 Å². The van der Waals surface area contributed by atoms with Crippen molar-refractivity contribution in [2.45, 2.75) is 31.7 Å². The van der Waals surface area contributed by atoms with Crippen molar-refractivity contribution in [2.24, 2.45) is 0 Å². The Labute approximate surface area is 119 Å². The first-order valence-electron chi connectivity index (χ1n) is 7.15. The number of nitrogens with zero attached hydrogens (tertiary/aromatic N) is 3. The standard InChI is InChI=1S/C14H22N4S/c1-15-13-10-5-3-4-6-11(10)16-14(17-13)12-9-19-8-7-18(12)2/h12H,3-9H2,1-2H3,(H,15,16,17). The molecule has 0 spiro atoms. The zero-order valence-electron chi connectivity index (χ0n) is 11.8. The fraction of sp³-hybridized carbons (Fsp3) is 0.714. The highest BCUT2D eigenvalue weighted by Crippen LogP contribution is 2.30. The zero-order valence-corrected chi connectivity index (χ0v) is 12.6. The molecule has 0 aromatic carbocycles. The van der Waals surface area contributed by atoms with E-state index in [0.29, 0.717) is 6.04 Å². The van der Waals surface area contributed by atoms with E-state index in [4.69, 9.17) is 9.97 Å². The van der Waals surface area contributed by atoms with Gasteiger partial charge in [-0.05, 0) is 32.7 Å². The minimum Gasteiger partial charge on any atom is -0.373 e. The van der Waals surface area contributed by atoms with E-state index in [1.807, 2.05) is 18.8 Å². The minimum absolute atomic E-state index is 0.373. The van der Waals surface area contributed by atoms with Crippen molar-refractivity contribution >= 4 is 17.6 Å². The Morgan fingerprint density at radius 2 is 2.11 bits per heavy atom. The van der Waals surface area contributed by atoms with Gasteiger partial charge in [-0.3, -0.25) is 4.90 Å². The summed E-state index contributed by atoms with van der Waals surface area (Å²) in [5, 5.41) is 3.27. The molecule has 5 heteroatoms. The lowest BCUT2D eigenvalue weighted by Gasteiger charge is -2.32. The van der Waals surface area contributed by atoms with Gasteiger partial charge in [-0.1, -0.05) is 0 Å². The molecule has 1 aliphatic heterocycles. The maximum absolute atomic E-state index is 4.89. The smallest absolute Gasteiger partial charge is 0.148 e. The van der Waals surface area contributed by atoms with E-state index in [0.717, 1.165) is 36.8 Å². The molecule has 3 rings (SSSR count). The molecule has 2 aliphatic rings. The van der Waals surface area contributed by atoms with Gasteiger partial charge in [0.1, 0.15) is 11.6 Å². The molecule has 0 radical (unpaired) electrons. The molecular weight excluding hydrogens is 256 g/mol. The minimum atomic E-state index is 0.373. The van der Waals surface area contributed by atoms with E-state index in [-0.39, 0.29) is 0 Å². The van der Waals surface area contributed by atoms with Crippen LogP contribution in [-0.4, -0.2) is 47.0 Å². The third kappa shape index (κ3) is 2.58. The Morgan fingerprint density at radius 3 is 2.89 bits per heavy atom. The highest BCUT2D eigenvalue weighted by atomic mass is 32.2. The van der Waals surface area contributed by atoms with Crippen molar-refractivity contribution in [3.8, 4) is 0 Å². The third-order valence-electron chi connectivity index (χ3n) is 4.13. The summed E-state index contributed by atoms with van der Waals surface area (Å²) in [6, 6.07) is 0.373. The number of nitrogens with one attached hydrogen (secondary N) is 1. The molecular formula is C14H22N4S. The fourth-order valence-electron chi connectivity index (χ4n) is 2.93. The maximum atomic E-state index is 4.89. The molecule has 0 bridgehead atoms. The molecule has 1 aliphatic carbocycles. The highest BCUT2D eigenvalue weighted by Gasteiger charge is 2.26. The van der Waals surface area contributed by atoms with Gasteiger partial charge in [-0.2, -0.15) is 11.8 Å². The van der Waals surface area contributed by atoms with Gasteiger partial charge in [-0.15, -0.1) is 0 Å². The first-order valence-corrected chi connectivity index (χ1v) is 8.30. The van der Waals surface area contributed by atoms with Crippen LogP contribution in [0.5, 0.6) is 0 Å². The van der Waals surface area contributed by atoms with E-state index in [1.54, 1.807) is 0 Å². The summed E-state index contributed by atoms with van der Waals surface area (Å²) in [6.07, 6.45) is 4.77. The number of hydrogen-bond donors (Lipinski definition) is 1. The molecule has 104 valence electrons. The van der Waals surface area contributed by atoms with E-state index >= 15 is 0 Å². The molecule has 4 nitrogen and oxygen atoms in total. The number of aryl methyl sites for hydroxylation is 1. The van der Waals surface area contributed by atoms with Gasteiger partial charge in [0, 0.05) is 36.4 Å². The number of rotatable bonds is 2. The van der Waals surface area contributed by atoms with E-state index in [9.17, 15) is 0 Å². The largest absolute Gasteiger partial charge is 0.373 e. The van der Waals surface area contributed by atoms with Crippen molar-refractivity contribution < 1.29 is 0 Å². The van der Waals surface area contributed by atoms with Crippen molar-refractivity contribution in [2.75, 3.05) is 37.5 Å². The Morgan fingerprint density at radius 1 is 1.26 bits per heavy atom. The number of aromatic nitrogens is 2. The summed E-state index contributed by atoms with van der Waals surface area (Å²) in [5.74, 6) is 4.40. The Hall–Kier alpha value is -0.810. The second-order valence-electron chi connectivity index (χ2n) is 5.38. The van der Waals surface area contributed by atoms with Crippen LogP contribution >= 0.6 is 11.8 Å². The molecule has 1 aromatic rings. The number of fused-ring (bicyclic) bond motifs is 1. The number of anilines is 1. The van der Waals surface area contributed by atoms with Crippen molar-refractivity contribution in [1.29, 1.82) is 0 Å². The molecule has 0 amide bonds. The summed E-state index contributed by atoms with van der Waals surface area (Å²) in [4.78, 5) is 12.1. The van der Waals surface area contributed by atoms with E-state index in [2.05, 4.69) is 17.3 Å². The van der Waals surface area contributed by atoms with Crippen LogP contribution in [0, 0.1) is 0 Å². The zero-order chi connectivity index (χ0) is 13.2. The van der Waals surface area contributed by atoms with Gasteiger partial charge in [0.05, 0.1) is 6.04 Å². The lowest BCUT2D eigenvalue weighted by molar-refractivity contribution is 0.264. The third-order valence-corrected chi connectivity index (χ3v) is 5.15. The molecule has 1 atom stereocenters. The van der Waals surface area contributed by atoms with Crippen LogP contribution in [0.2, 0.25) is 0 Å². The fourth-order valence-corrected chi connectivity index (χ4v) is 4.14. The van der Waals surface area contributed by atoms with Crippen molar-refractivity contribution in [3.05, 3.63) is 17.1 Å². The van der Waals surface area contributed by atoms with Crippen LogP contribution in [0.25, 0.3) is 0 Å². The van der Waals surface area contributed by atoms with Gasteiger partial charge in [0.25, 0.3) is 0 Å². The predicted molar refractivity (Wildman–Crippen MR) is 80.9 cm³/mol.